The summed E-state index contributed by atoms with van der Waals surface area (Å²) in [6, 6.07) is 16.1. The van der Waals surface area contributed by atoms with Crippen molar-refractivity contribution < 1.29 is 13.2 Å². The summed E-state index contributed by atoms with van der Waals surface area (Å²) < 4.78 is 41.7. The highest BCUT2D eigenvalue weighted by molar-refractivity contribution is 6.31. The van der Waals surface area contributed by atoms with Gasteiger partial charge in [0.1, 0.15) is 23.3 Å². The standard InChI is InChI=1S/C25H14ClF3N4/c26-20-12-17(5-8-22(20)29)31-25-18-6-3-14(19-11-16(27)4-7-21(19)28)10-23(18)32-24(33-25)15-2-1-9-30-13-15/h1-13H,(H,31,32,33). The zero-order valence-electron chi connectivity index (χ0n) is 16.9. The number of hydrogen-bond acceptors (Lipinski definition) is 4. The summed E-state index contributed by atoms with van der Waals surface area (Å²) in [4.78, 5) is 13.4. The number of nitrogens with zero attached hydrogens (tertiary/aromatic N) is 3. The zero-order chi connectivity index (χ0) is 22.9. The lowest BCUT2D eigenvalue weighted by Gasteiger charge is -2.13. The van der Waals surface area contributed by atoms with Crippen molar-refractivity contribution in [3.8, 4) is 22.5 Å². The fourth-order valence-corrected chi connectivity index (χ4v) is 3.63. The van der Waals surface area contributed by atoms with Crippen LogP contribution >= 0.6 is 11.6 Å². The number of halogens is 4. The van der Waals surface area contributed by atoms with Gasteiger partial charge in [0, 0.05) is 34.6 Å². The van der Waals surface area contributed by atoms with E-state index in [9.17, 15) is 13.2 Å². The van der Waals surface area contributed by atoms with Gasteiger partial charge in [-0.3, -0.25) is 4.98 Å². The molecule has 0 saturated heterocycles. The molecular weight excluding hydrogens is 449 g/mol. The summed E-state index contributed by atoms with van der Waals surface area (Å²) in [5, 5.41) is 3.74. The lowest BCUT2D eigenvalue weighted by atomic mass is 10.0. The normalized spacial score (nSPS) is 11.0. The van der Waals surface area contributed by atoms with E-state index in [-0.39, 0.29) is 10.6 Å². The van der Waals surface area contributed by atoms with Crippen molar-refractivity contribution in [2.45, 2.75) is 0 Å². The molecule has 2 heterocycles. The van der Waals surface area contributed by atoms with Gasteiger partial charge in [0.15, 0.2) is 5.82 Å². The Hall–Kier alpha value is -3.97. The number of benzene rings is 3. The molecule has 2 aromatic heterocycles. The Bertz CT molecular complexity index is 1490. The first-order valence-corrected chi connectivity index (χ1v) is 10.3. The lowest BCUT2D eigenvalue weighted by Crippen LogP contribution is -2.00. The fourth-order valence-electron chi connectivity index (χ4n) is 3.45. The van der Waals surface area contributed by atoms with E-state index in [0.29, 0.717) is 39.4 Å². The monoisotopic (exact) mass is 462 g/mol. The van der Waals surface area contributed by atoms with Gasteiger partial charge in [0.05, 0.1) is 10.5 Å². The van der Waals surface area contributed by atoms with Crippen LogP contribution in [0.1, 0.15) is 0 Å². The van der Waals surface area contributed by atoms with E-state index in [1.54, 1.807) is 36.7 Å². The predicted octanol–water partition coefficient (Wildman–Crippen LogP) is 7.17. The van der Waals surface area contributed by atoms with E-state index < -0.39 is 17.5 Å². The van der Waals surface area contributed by atoms with E-state index in [1.807, 2.05) is 6.07 Å². The zero-order valence-corrected chi connectivity index (χ0v) is 17.6. The summed E-state index contributed by atoms with van der Waals surface area (Å²) in [7, 11) is 0. The van der Waals surface area contributed by atoms with Crippen LogP contribution < -0.4 is 5.32 Å². The molecule has 0 unspecified atom stereocenters. The molecule has 4 nitrogen and oxygen atoms in total. The Balaban J connectivity index is 1.69. The molecule has 33 heavy (non-hydrogen) atoms. The van der Waals surface area contributed by atoms with Gasteiger partial charge >= 0.3 is 0 Å². The largest absolute Gasteiger partial charge is 0.340 e. The predicted molar refractivity (Wildman–Crippen MR) is 123 cm³/mol. The molecule has 5 aromatic rings. The van der Waals surface area contributed by atoms with Gasteiger partial charge in [-0.2, -0.15) is 0 Å². The van der Waals surface area contributed by atoms with Crippen LogP contribution in [0.5, 0.6) is 0 Å². The first kappa shape index (κ1) is 20.9. The van der Waals surface area contributed by atoms with Gasteiger partial charge in [0.25, 0.3) is 0 Å². The first-order valence-electron chi connectivity index (χ1n) is 9.87. The van der Waals surface area contributed by atoms with Crippen molar-refractivity contribution >= 4 is 34.0 Å². The summed E-state index contributed by atoms with van der Waals surface area (Å²) in [6.07, 6.45) is 3.25. The fraction of sp³-hybridized carbons (Fsp3) is 0. The van der Waals surface area contributed by atoms with E-state index in [4.69, 9.17) is 11.6 Å². The highest BCUT2D eigenvalue weighted by atomic mass is 35.5. The minimum Gasteiger partial charge on any atom is -0.340 e. The molecule has 0 aliphatic heterocycles. The van der Waals surface area contributed by atoms with Crippen LogP contribution in [0.25, 0.3) is 33.4 Å². The first-order chi connectivity index (χ1) is 16.0. The smallest absolute Gasteiger partial charge is 0.163 e. The van der Waals surface area contributed by atoms with E-state index in [2.05, 4.69) is 20.3 Å². The summed E-state index contributed by atoms with van der Waals surface area (Å²) in [5.74, 6) is -0.805. The minimum absolute atomic E-state index is 0.0327. The van der Waals surface area contributed by atoms with Gasteiger partial charge in [0.2, 0.25) is 0 Å². The van der Waals surface area contributed by atoms with Crippen molar-refractivity contribution in [3.05, 3.63) is 102 Å². The molecule has 1 N–H and O–H groups in total. The van der Waals surface area contributed by atoms with Gasteiger partial charge in [-0.05, 0) is 66.2 Å². The van der Waals surface area contributed by atoms with Crippen molar-refractivity contribution in [3.63, 3.8) is 0 Å². The van der Waals surface area contributed by atoms with Crippen LogP contribution in [0.15, 0.2) is 79.1 Å². The molecule has 0 spiro atoms. The van der Waals surface area contributed by atoms with Crippen LogP contribution in [0, 0.1) is 17.5 Å². The van der Waals surface area contributed by atoms with Crippen molar-refractivity contribution in [2.75, 3.05) is 5.32 Å². The highest BCUT2D eigenvalue weighted by Gasteiger charge is 2.14. The Morgan fingerprint density at radius 1 is 0.788 bits per heavy atom. The SMILES string of the molecule is Fc1ccc(F)c(-c2ccc3c(Nc4ccc(F)c(Cl)c4)nc(-c4cccnc4)nc3c2)c1. The topological polar surface area (TPSA) is 50.7 Å². The Labute approximate surface area is 191 Å². The van der Waals surface area contributed by atoms with Crippen LogP contribution in [0.4, 0.5) is 24.7 Å². The van der Waals surface area contributed by atoms with Crippen LogP contribution in [-0.2, 0) is 0 Å². The quantitative estimate of drug-likeness (QED) is 0.307. The molecule has 0 fully saturated rings. The maximum Gasteiger partial charge on any atom is 0.163 e. The molecule has 0 saturated carbocycles. The molecular formula is C25H14ClF3N4. The van der Waals surface area contributed by atoms with Gasteiger partial charge in [-0.15, -0.1) is 0 Å². The molecule has 0 atom stereocenters. The third-order valence-corrected chi connectivity index (χ3v) is 5.33. The molecule has 0 amide bonds. The lowest BCUT2D eigenvalue weighted by molar-refractivity contribution is 0.603. The molecule has 5 rings (SSSR count). The summed E-state index contributed by atoms with van der Waals surface area (Å²) >= 11 is 5.92. The van der Waals surface area contributed by atoms with E-state index in [1.165, 1.54) is 18.2 Å². The number of anilines is 2. The average molecular weight is 463 g/mol. The average Bonchev–Trinajstić information content (AvgIpc) is 2.83. The Morgan fingerprint density at radius 2 is 1.64 bits per heavy atom. The Morgan fingerprint density at radius 3 is 2.42 bits per heavy atom. The maximum absolute atomic E-state index is 14.4. The van der Waals surface area contributed by atoms with Crippen molar-refractivity contribution in [2.24, 2.45) is 0 Å². The van der Waals surface area contributed by atoms with Gasteiger partial charge < -0.3 is 5.32 Å². The second-order valence-corrected chi connectivity index (χ2v) is 7.65. The van der Waals surface area contributed by atoms with Gasteiger partial charge in [-0.1, -0.05) is 17.7 Å². The number of fused-ring (bicyclic) bond motifs is 1. The third-order valence-electron chi connectivity index (χ3n) is 5.04. The second-order valence-electron chi connectivity index (χ2n) is 7.25. The molecule has 0 aliphatic rings. The molecule has 0 aliphatic carbocycles. The Kier molecular flexibility index (Phi) is 5.40. The van der Waals surface area contributed by atoms with Crippen molar-refractivity contribution in [1.29, 1.82) is 0 Å². The molecule has 0 radical (unpaired) electrons. The number of nitrogens with one attached hydrogen (secondary N) is 1. The van der Waals surface area contributed by atoms with Crippen molar-refractivity contribution in [1.82, 2.24) is 15.0 Å². The van der Waals surface area contributed by atoms with Crippen LogP contribution in [-0.4, -0.2) is 15.0 Å². The van der Waals surface area contributed by atoms with Gasteiger partial charge in [-0.25, -0.2) is 23.1 Å². The summed E-state index contributed by atoms with van der Waals surface area (Å²) in [6.45, 7) is 0. The number of pyridine rings is 1. The maximum atomic E-state index is 14.4. The molecule has 162 valence electrons. The highest BCUT2D eigenvalue weighted by Crippen LogP contribution is 2.32. The summed E-state index contributed by atoms with van der Waals surface area (Å²) in [5.41, 5.74) is 2.28. The van der Waals surface area contributed by atoms with E-state index in [0.717, 1.165) is 18.2 Å². The number of rotatable bonds is 4. The van der Waals surface area contributed by atoms with Crippen LogP contribution in [0.2, 0.25) is 5.02 Å². The van der Waals surface area contributed by atoms with E-state index >= 15 is 0 Å². The third kappa shape index (κ3) is 4.23. The second kappa shape index (κ2) is 8.52. The minimum atomic E-state index is -0.545. The molecule has 3 aromatic carbocycles. The van der Waals surface area contributed by atoms with Crippen LogP contribution in [0.3, 0.4) is 0 Å². The molecule has 8 heteroatoms. The number of aromatic nitrogens is 3. The number of hydrogen-bond donors (Lipinski definition) is 1. The molecule has 0 bridgehead atoms.